The van der Waals surface area contributed by atoms with Gasteiger partial charge in [0.2, 0.25) is 5.91 Å². The first-order chi connectivity index (χ1) is 12.0. The Kier molecular flexibility index (Phi) is 4.81. The average Bonchev–Trinajstić information content (AvgIpc) is 2.57. The molecule has 0 spiro atoms. The fourth-order valence-corrected chi connectivity index (χ4v) is 2.74. The molecule has 0 aliphatic carbocycles. The molecular weight excluding hydrogens is 323 g/mol. The number of ether oxygens (including phenoxy) is 1. The third-order valence-electron chi connectivity index (χ3n) is 4.20. The molecule has 0 unspecified atom stereocenters. The van der Waals surface area contributed by atoms with Crippen molar-refractivity contribution in [1.82, 2.24) is 10.6 Å². The van der Waals surface area contributed by atoms with Crippen LogP contribution in [0, 0.1) is 5.82 Å². The number of carbonyl (C=O) groups is 2. The lowest BCUT2D eigenvalue weighted by Crippen LogP contribution is -2.59. The van der Waals surface area contributed by atoms with Gasteiger partial charge in [-0.25, -0.2) is 4.39 Å². The van der Waals surface area contributed by atoms with Crippen LogP contribution in [0.5, 0.6) is 0 Å². The molecule has 2 aromatic rings. The number of carbonyl (C=O) groups excluding carboxylic acids is 2. The lowest BCUT2D eigenvalue weighted by atomic mass is 9.87. The molecule has 1 saturated heterocycles. The maximum Gasteiger partial charge on any atom is 0.252 e. The highest BCUT2D eigenvalue weighted by Gasteiger charge is 2.43. The maximum atomic E-state index is 14.1. The molecule has 130 valence electrons. The topological polar surface area (TPSA) is 67.4 Å². The smallest absolute Gasteiger partial charge is 0.252 e. The predicted molar refractivity (Wildman–Crippen MR) is 90.3 cm³/mol. The van der Waals surface area contributed by atoms with E-state index in [2.05, 4.69) is 10.6 Å². The van der Waals surface area contributed by atoms with Gasteiger partial charge in [-0.2, -0.15) is 0 Å². The minimum absolute atomic E-state index is 0.112. The highest BCUT2D eigenvalue weighted by Crippen LogP contribution is 2.31. The van der Waals surface area contributed by atoms with E-state index in [1.807, 2.05) is 0 Å². The van der Waals surface area contributed by atoms with Crippen LogP contribution in [0.15, 0.2) is 48.5 Å². The average molecular weight is 342 g/mol. The largest absolute Gasteiger partial charge is 0.376 e. The number of halogens is 1. The van der Waals surface area contributed by atoms with E-state index in [1.54, 1.807) is 42.5 Å². The van der Waals surface area contributed by atoms with E-state index in [4.69, 9.17) is 4.74 Å². The van der Waals surface area contributed by atoms with Crippen molar-refractivity contribution in [3.05, 3.63) is 71.0 Å². The van der Waals surface area contributed by atoms with Crippen LogP contribution in [0.2, 0.25) is 0 Å². The first-order valence-electron chi connectivity index (χ1n) is 7.99. The van der Waals surface area contributed by atoms with Gasteiger partial charge < -0.3 is 15.4 Å². The fraction of sp³-hybridized carbons (Fsp3) is 0.263. The van der Waals surface area contributed by atoms with Crippen LogP contribution < -0.4 is 10.6 Å². The summed E-state index contributed by atoms with van der Waals surface area (Å²) in [7, 11) is 0. The molecule has 6 heteroatoms. The number of hydrogen-bond acceptors (Lipinski definition) is 3. The monoisotopic (exact) mass is 342 g/mol. The van der Waals surface area contributed by atoms with Crippen molar-refractivity contribution in [2.75, 3.05) is 13.2 Å². The van der Waals surface area contributed by atoms with Gasteiger partial charge in [-0.1, -0.05) is 30.3 Å². The van der Waals surface area contributed by atoms with Gasteiger partial charge >= 0.3 is 0 Å². The lowest BCUT2D eigenvalue weighted by molar-refractivity contribution is -0.119. The molecule has 2 aromatic carbocycles. The highest BCUT2D eigenvalue weighted by molar-refractivity contribution is 5.95. The van der Waals surface area contributed by atoms with Crippen LogP contribution in [0.3, 0.4) is 0 Å². The second-order valence-corrected chi connectivity index (χ2v) is 6.12. The van der Waals surface area contributed by atoms with Gasteiger partial charge in [-0.15, -0.1) is 0 Å². The van der Waals surface area contributed by atoms with Gasteiger partial charge in [0, 0.05) is 24.6 Å². The molecule has 1 fully saturated rings. The Bertz CT molecular complexity index is 786. The molecule has 2 amide bonds. The molecule has 25 heavy (non-hydrogen) atoms. The van der Waals surface area contributed by atoms with E-state index in [-0.39, 0.29) is 30.8 Å². The summed E-state index contributed by atoms with van der Waals surface area (Å²) in [5.41, 5.74) is 0.950. The second kappa shape index (κ2) is 7.03. The molecule has 1 heterocycles. The Balaban J connectivity index is 1.73. The zero-order valence-corrected chi connectivity index (χ0v) is 13.8. The molecule has 1 aliphatic rings. The van der Waals surface area contributed by atoms with Gasteiger partial charge in [-0.3, -0.25) is 9.59 Å². The Morgan fingerprint density at radius 1 is 1.12 bits per heavy atom. The molecule has 0 atom stereocenters. The minimum atomic E-state index is -0.836. The summed E-state index contributed by atoms with van der Waals surface area (Å²) >= 11 is 0. The molecular formula is C19H19FN2O3. The van der Waals surface area contributed by atoms with E-state index < -0.39 is 5.54 Å². The fourth-order valence-electron chi connectivity index (χ4n) is 2.74. The third kappa shape index (κ3) is 3.69. The van der Waals surface area contributed by atoms with Crippen LogP contribution in [-0.4, -0.2) is 25.0 Å². The molecule has 3 rings (SSSR count). The van der Waals surface area contributed by atoms with Crippen molar-refractivity contribution in [1.29, 1.82) is 0 Å². The predicted octanol–water partition coefficient (Wildman–Crippen LogP) is 2.12. The van der Waals surface area contributed by atoms with Gasteiger partial charge in [0.1, 0.15) is 11.4 Å². The second-order valence-electron chi connectivity index (χ2n) is 6.12. The van der Waals surface area contributed by atoms with Crippen molar-refractivity contribution < 1.29 is 18.7 Å². The molecule has 2 N–H and O–H groups in total. The summed E-state index contributed by atoms with van der Waals surface area (Å²) in [5, 5.41) is 5.60. The standard InChI is InChI=1S/C19H19FN2O3/c1-13(23)21-10-14-6-8-15(9-7-14)18(24)22-19(11-25-12-19)16-4-2-3-5-17(16)20/h2-9H,10-12H2,1H3,(H,21,23)(H,22,24). The zero-order valence-electron chi connectivity index (χ0n) is 13.8. The normalized spacial score (nSPS) is 15.1. The van der Waals surface area contributed by atoms with Crippen LogP contribution in [-0.2, 0) is 21.6 Å². The van der Waals surface area contributed by atoms with Crippen molar-refractivity contribution in [3.8, 4) is 0 Å². The quantitative estimate of drug-likeness (QED) is 0.875. The summed E-state index contributed by atoms with van der Waals surface area (Å²) in [6, 6.07) is 13.3. The van der Waals surface area contributed by atoms with Crippen LogP contribution in [0.1, 0.15) is 28.4 Å². The summed E-state index contributed by atoms with van der Waals surface area (Å²) in [5.74, 6) is -0.770. The SMILES string of the molecule is CC(=O)NCc1ccc(C(=O)NC2(c3ccccc3F)COC2)cc1. The van der Waals surface area contributed by atoms with Crippen molar-refractivity contribution in [2.45, 2.75) is 19.0 Å². The summed E-state index contributed by atoms with van der Waals surface area (Å²) < 4.78 is 19.4. The molecule has 0 aromatic heterocycles. The van der Waals surface area contributed by atoms with Crippen LogP contribution in [0.4, 0.5) is 4.39 Å². The summed E-state index contributed by atoms with van der Waals surface area (Å²) in [4.78, 5) is 23.5. The van der Waals surface area contributed by atoms with Gasteiger partial charge in [-0.05, 0) is 23.8 Å². The molecule has 0 saturated carbocycles. The Morgan fingerprint density at radius 3 is 2.36 bits per heavy atom. The minimum Gasteiger partial charge on any atom is -0.376 e. The van der Waals surface area contributed by atoms with Crippen molar-refractivity contribution >= 4 is 11.8 Å². The lowest BCUT2D eigenvalue weighted by Gasteiger charge is -2.42. The number of amides is 2. The number of hydrogen-bond donors (Lipinski definition) is 2. The summed E-state index contributed by atoms with van der Waals surface area (Å²) in [6.45, 7) is 2.33. The highest BCUT2D eigenvalue weighted by atomic mass is 19.1. The summed E-state index contributed by atoms with van der Waals surface area (Å²) in [6.07, 6.45) is 0. The van der Waals surface area contributed by atoms with Crippen molar-refractivity contribution in [3.63, 3.8) is 0 Å². The Labute approximate surface area is 145 Å². The first kappa shape index (κ1) is 17.1. The number of benzene rings is 2. The maximum absolute atomic E-state index is 14.1. The van der Waals surface area contributed by atoms with Crippen molar-refractivity contribution in [2.24, 2.45) is 0 Å². The number of nitrogens with one attached hydrogen (secondary N) is 2. The molecule has 0 bridgehead atoms. The van der Waals surface area contributed by atoms with Crippen LogP contribution >= 0.6 is 0 Å². The van der Waals surface area contributed by atoms with E-state index in [0.29, 0.717) is 17.7 Å². The van der Waals surface area contributed by atoms with E-state index in [1.165, 1.54) is 13.0 Å². The van der Waals surface area contributed by atoms with Crippen LogP contribution in [0.25, 0.3) is 0 Å². The zero-order chi connectivity index (χ0) is 17.9. The van der Waals surface area contributed by atoms with E-state index in [0.717, 1.165) is 5.56 Å². The van der Waals surface area contributed by atoms with Gasteiger partial charge in [0.15, 0.2) is 0 Å². The first-order valence-corrected chi connectivity index (χ1v) is 7.99. The Morgan fingerprint density at radius 2 is 1.80 bits per heavy atom. The third-order valence-corrected chi connectivity index (χ3v) is 4.20. The Hall–Kier alpha value is -2.73. The molecule has 1 aliphatic heterocycles. The van der Waals surface area contributed by atoms with E-state index >= 15 is 0 Å². The van der Waals surface area contributed by atoms with Gasteiger partial charge in [0.05, 0.1) is 13.2 Å². The van der Waals surface area contributed by atoms with Gasteiger partial charge in [0.25, 0.3) is 5.91 Å². The van der Waals surface area contributed by atoms with E-state index in [9.17, 15) is 14.0 Å². The molecule has 0 radical (unpaired) electrons. The number of rotatable bonds is 5. The molecule has 5 nitrogen and oxygen atoms in total.